The Morgan fingerprint density at radius 3 is 2.29 bits per heavy atom. The second-order valence-electron chi connectivity index (χ2n) is 3.74. The van der Waals surface area contributed by atoms with Crippen LogP contribution in [-0.4, -0.2) is 47.4 Å². The van der Waals surface area contributed by atoms with Crippen molar-refractivity contribution in [3.05, 3.63) is 0 Å². The minimum atomic E-state index is -1.05. The number of aliphatic carboxylic acids is 1. The highest BCUT2D eigenvalue weighted by molar-refractivity contribution is 5.86. The molecule has 0 bridgehead atoms. The summed E-state index contributed by atoms with van der Waals surface area (Å²) in [6, 6.07) is 0. The third kappa shape index (κ3) is 7.32. The van der Waals surface area contributed by atoms with E-state index in [1.165, 1.54) is 4.90 Å². The van der Waals surface area contributed by atoms with E-state index in [-0.39, 0.29) is 24.9 Å². The van der Waals surface area contributed by atoms with Crippen molar-refractivity contribution in [3.8, 4) is 0 Å². The second-order valence-corrected chi connectivity index (χ2v) is 3.74. The van der Waals surface area contributed by atoms with Crippen molar-refractivity contribution in [3.63, 3.8) is 0 Å². The Kier molecular flexibility index (Phi) is 7.75. The first-order valence-electron chi connectivity index (χ1n) is 5.77. The molecule has 0 aliphatic carbocycles. The van der Waals surface area contributed by atoms with Gasteiger partial charge >= 0.3 is 5.97 Å². The summed E-state index contributed by atoms with van der Waals surface area (Å²) in [6.07, 6.45) is 1.77. The standard InChI is InChI=1S/C11H20N2O4/c1-3-5-9(14)12-7-10(15)13(6-4-2)8-11(16)17/h3-8H2,1-2H3,(H,12,14)(H,16,17). The Labute approximate surface area is 101 Å². The molecule has 6 nitrogen and oxygen atoms in total. The molecule has 0 aliphatic rings. The van der Waals surface area contributed by atoms with E-state index in [9.17, 15) is 14.4 Å². The smallest absolute Gasteiger partial charge is 0.323 e. The summed E-state index contributed by atoms with van der Waals surface area (Å²) in [6.45, 7) is 3.66. The molecule has 0 aliphatic heterocycles. The zero-order chi connectivity index (χ0) is 13.3. The Hall–Kier alpha value is -1.59. The fraction of sp³-hybridized carbons (Fsp3) is 0.727. The van der Waals surface area contributed by atoms with E-state index in [2.05, 4.69) is 5.32 Å². The number of carbonyl (C=O) groups is 3. The van der Waals surface area contributed by atoms with Gasteiger partial charge < -0.3 is 15.3 Å². The van der Waals surface area contributed by atoms with Gasteiger partial charge in [-0.25, -0.2) is 0 Å². The molecule has 0 atom stereocenters. The highest BCUT2D eigenvalue weighted by atomic mass is 16.4. The van der Waals surface area contributed by atoms with Crippen molar-refractivity contribution < 1.29 is 19.5 Å². The van der Waals surface area contributed by atoms with Crippen LogP contribution in [0.1, 0.15) is 33.1 Å². The van der Waals surface area contributed by atoms with E-state index in [4.69, 9.17) is 5.11 Å². The van der Waals surface area contributed by atoms with E-state index in [0.29, 0.717) is 25.8 Å². The van der Waals surface area contributed by atoms with Gasteiger partial charge in [0.05, 0.1) is 6.54 Å². The van der Waals surface area contributed by atoms with Crippen LogP contribution in [0.25, 0.3) is 0 Å². The molecule has 0 saturated carbocycles. The lowest BCUT2D eigenvalue weighted by Gasteiger charge is -2.20. The van der Waals surface area contributed by atoms with Crippen LogP contribution in [0.3, 0.4) is 0 Å². The average molecular weight is 244 g/mol. The summed E-state index contributed by atoms with van der Waals surface area (Å²) < 4.78 is 0. The minimum absolute atomic E-state index is 0.133. The molecule has 0 aromatic carbocycles. The maximum Gasteiger partial charge on any atom is 0.323 e. The Bertz CT molecular complexity index is 279. The molecule has 17 heavy (non-hydrogen) atoms. The van der Waals surface area contributed by atoms with Gasteiger partial charge in [0.1, 0.15) is 6.54 Å². The van der Waals surface area contributed by atoms with Crippen LogP contribution in [0.15, 0.2) is 0 Å². The molecule has 0 aromatic heterocycles. The van der Waals surface area contributed by atoms with Crippen LogP contribution >= 0.6 is 0 Å². The predicted octanol–water partition coefficient (Wildman–Crippen LogP) is 0.226. The highest BCUT2D eigenvalue weighted by Crippen LogP contribution is 1.93. The first-order valence-corrected chi connectivity index (χ1v) is 5.77. The van der Waals surface area contributed by atoms with Crippen molar-refractivity contribution in [1.82, 2.24) is 10.2 Å². The monoisotopic (exact) mass is 244 g/mol. The first-order chi connectivity index (χ1) is 8.01. The van der Waals surface area contributed by atoms with Gasteiger partial charge in [-0.3, -0.25) is 14.4 Å². The molecule has 0 saturated heterocycles. The lowest BCUT2D eigenvalue weighted by Crippen LogP contribution is -2.42. The van der Waals surface area contributed by atoms with Crippen molar-refractivity contribution >= 4 is 17.8 Å². The van der Waals surface area contributed by atoms with Crippen molar-refractivity contribution in [2.75, 3.05) is 19.6 Å². The number of hydrogen-bond acceptors (Lipinski definition) is 3. The van der Waals surface area contributed by atoms with Crippen LogP contribution in [0.2, 0.25) is 0 Å². The Morgan fingerprint density at radius 2 is 1.82 bits per heavy atom. The number of rotatable bonds is 8. The summed E-state index contributed by atoms with van der Waals surface area (Å²) in [4.78, 5) is 34.6. The minimum Gasteiger partial charge on any atom is -0.480 e. The van der Waals surface area contributed by atoms with Gasteiger partial charge in [-0.1, -0.05) is 13.8 Å². The molecule has 0 rings (SSSR count). The second kappa shape index (κ2) is 8.55. The van der Waals surface area contributed by atoms with Crippen molar-refractivity contribution in [1.29, 1.82) is 0 Å². The molecule has 0 aromatic rings. The number of hydrogen-bond donors (Lipinski definition) is 2. The SMILES string of the molecule is CCCC(=O)NCC(=O)N(CCC)CC(=O)O. The first kappa shape index (κ1) is 15.4. The highest BCUT2D eigenvalue weighted by Gasteiger charge is 2.16. The molecule has 0 radical (unpaired) electrons. The fourth-order valence-corrected chi connectivity index (χ4v) is 1.33. The average Bonchev–Trinajstić information content (AvgIpc) is 2.25. The zero-order valence-corrected chi connectivity index (χ0v) is 10.4. The third-order valence-electron chi connectivity index (χ3n) is 2.09. The molecule has 98 valence electrons. The number of nitrogens with one attached hydrogen (secondary N) is 1. The van der Waals surface area contributed by atoms with E-state index in [1.54, 1.807) is 0 Å². The van der Waals surface area contributed by atoms with Crippen molar-refractivity contribution in [2.24, 2.45) is 0 Å². The van der Waals surface area contributed by atoms with E-state index in [0.717, 1.165) is 0 Å². The van der Waals surface area contributed by atoms with E-state index >= 15 is 0 Å². The summed E-state index contributed by atoms with van der Waals surface area (Å²) in [7, 11) is 0. The number of nitrogens with zero attached hydrogens (tertiary/aromatic N) is 1. The van der Waals surface area contributed by atoms with E-state index < -0.39 is 5.97 Å². The topological polar surface area (TPSA) is 86.7 Å². The van der Waals surface area contributed by atoms with Crippen LogP contribution in [0.4, 0.5) is 0 Å². The molecule has 2 N–H and O–H groups in total. The molecule has 0 unspecified atom stereocenters. The van der Waals surface area contributed by atoms with Crippen LogP contribution in [0, 0.1) is 0 Å². The summed E-state index contributed by atoms with van der Waals surface area (Å²) >= 11 is 0. The number of carboxylic acids is 1. The molecular weight excluding hydrogens is 224 g/mol. The molecule has 0 heterocycles. The summed E-state index contributed by atoms with van der Waals surface area (Å²) in [5.74, 6) is -1.60. The lowest BCUT2D eigenvalue weighted by atomic mass is 10.3. The normalized spacial score (nSPS) is 9.76. The quantitative estimate of drug-likeness (QED) is 0.639. The maximum atomic E-state index is 11.6. The fourth-order valence-electron chi connectivity index (χ4n) is 1.33. The van der Waals surface area contributed by atoms with Gasteiger partial charge in [-0.05, 0) is 12.8 Å². The lowest BCUT2D eigenvalue weighted by molar-refractivity contribution is -0.144. The van der Waals surface area contributed by atoms with Crippen LogP contribution in [-0.2, 0) is 14.4 Å². The van der Waals surface area contributed by atoms with Crippen LogP contribution < -0.4 is 5.32 Å². The van der Waals surface area contributed by atoms with Gasteiger partial charge in [-0.15, -0.1) is 0 Å². The summed E-state index contributed by atoms with van der Waals surface area (Å²) in [5.41, 5.74) is 0. The third-order valence-corrected chi connectivity index (χ3v) is 2.09. The largest absolute Gasteiger partial charge is 0.480 e. The molecule has 6 heteroatoms. The number of carbonyl (C=O) groups excluding carboxylic acids is 2. The molecular formula is C11H20N2O4. The number of carboxylic acid groups (broad SMARTS) is 1. The van der Waals surface area contributed by atoms with E-state index in [1.807, 2.05) is 13.8 Å². The molecule has 0 spiro atoms. The molecule has 0 fully saturated rings. The van der Waals surface area contributed by atoms with Crippen molar-refractivity contribution in [2.45, 2.75) is 33.1 Å². The Morgan fingerprint density at radius 1 is 1.18 bits per heavy atom. The zero-order valence-electron chi connectivity index (χ0n) is 10.4. The maximum absolute atomic E-state index is 11.6. The van der Waals surface area contributed by atoms with Gasteiger partial charge in [-0.2, -0.15) is 0 Å². The van der Waals surface area contributed by atoms with Gasteiger partial charge in [0.25, 0.3) is 0 Å². The van der Waals surface area contributed by atoms with Gasteiger partial charge in [0.2, 0.25) is 11.8 Å². The number of amides is 2. The predicted molar refractivity (Wildman–Crippen MR) is 62.4 cm³/mol. The Balaban J connectivity index is 4.13. The van der Waals surface area contributed by atoms with Crippen LogP contribution in [0.5, 0.6) is 0 Å². The molecule has 2 amide bonds. The van der Waals surface area contributed by atoms with Gasteiger partial charge in [0.15, 0.2) is 0 Å². The summed E-state index contributed by atoms with van der Waals surface area (Å²) in [5, 5.41) is 11.1. The van der Waals surface area contributed by atoms with Gasteiger partial charge in [0, 0.05) is 13.0 Å².